The van der Waals surface area contributed by atoms with E-state index in [1.165, 1.54) is 5.56 Å². The molecule has 1 saturated heterocycles. The molecule has 0 amide bonds. The van der Waals surface area contributed by atoms with Gasteiger partial charge in [-0.3, -0.25) is 4.90 Å². The Morgan fingerprint density at radius 3 is 2.53 bits per heavy atom. The summed E-state index contributed by atoms with van der Waals surface area (Å²) >= 11 is 0. The highest BCUT2D eigenvalue weighted by Crippen LogP contribution is 2.29. The van der Waals surface area contributed by atoms with E-state index in [1.54, 1.807) is 7.11 Å². The molecule has 0 aliphatic carbocycles. The van der Waals surface area contributed by atoms with Gasteiger partial charge in [-0.2, -0.15) is 0 Å². The van der Waals surface area contributed by atoms with Gasteiger partial charge in [-0.05, 0) is 44.0 Å². The Balaban J connectivity index is 1.49. The second-order valence-corrected chi connectivity index (χ2v) is 8.58. The average Bonchev–Trinajstić information content (AvgIpc) is 3.22. The molecule has 1 aliphatic rings. The van der Waals surface area contributed by atoms with Crippen molar-refractivity contribution in [1.82, 2.24) is 24.6 Å². The first-order valence-corrected chi connectivity index (χ1v) is 11.5. The number of methoxy groups -OCH3 is 1. The zero-order valence-corrected chi connectivity index (χ0v) is 19.2. The van der Waals surface area contributed by atoms with Crippen LogP contribution in [0.3, 0.4) is 0 Å². The average molecular weight is 435 g/mol. The van der Waals surface area contributed by atoms with Gasteiger partial charge in [0, 0.05) is 45.5 Å². The Labute approximate surface area is 191 Å². The van der Waals surface area contributed by atoms with Gasteiger partial charge in [-0.25, -0.2) is 4.98 Å². The quantitative estimate of drug-likeness (QED) is 0.455. The van der Waals surface area contributed by atoms with Crippen LogP contribution in [-0.2, 0) is 17.8 Å². The molecule has 3 heterocycles. The smallest absolute Gasteiger partial charge is 0.147 e. The molecule has 0 spiro atoms. The van der Waals surface area contributed by atoms with Gasteiger partial charge in [0.05, 0.1) is 13.1 Å². The lowest BCUT2D eigenvalue weighted by molar-refractivity contribution is 0.177. The van der Waals surface area contributed by atoms with Crippen molar-refractivity contribution in [3.05, 3.63) is 71.9 Å². The van der Waals surface area contributed by atoms with Crippen molar-refractivity contribution < 1.29 is 4.74 Å². The number of benzene rings is 1. The van der Waals surface area contributed by atoms with Gasteiger partial charge in [0.25, 0.3) is 0 Å². The predicted molar refractivity (Wildman–Crippen MR) is 127 cm³/mol. The van der Waals surface area contributed by atoms with Crippen molar-refractivity contribution in [3.8, 4) is 0 Å². The summed E-state index contributed by atoms with van der Waals surface area (Å²) in [7, 11) is 3.89. The third kappa shape index (κ3) is 5.72. The zero-order valence-electron chi connectivity index (χ0n) is 19.2. The Hall–Kier alpha value is -2.77. The fourth-order valence-corrected chi connectivity index (χ4v) is 4.41. The minimum Gasteiger partial charge on any atom is -0.385 e. The van der Waals surface area contributed by atoms with Crippen LogP contribution in [0.4, 0.5) is 5.82 Å². The molecule has 1 aromatic carbocycles. The number of aromatic nitrogens is 4. The summed E-state index contributed by atoms with van der Waals surface area (Å²) in [5, 5.41) is 9.36. The first-order valence-electron chi connectivity index (χ1n) is 11.5. The van der Waals surface area contributed by atoms with Gasteiger partial charge in [0.2, 0.25) is 0 Å². The zero-order chi connectivity index (χ0) is 22.2. The van der Waals surface area contributed by atoms with Crippen LogP contribution in [-0.4, -0.2) is 65.0 Å². The second kappa shape index (κ2) is 11.2. The maximum absolute atomic E-state index is 5.20. The molecule has 3 aromatic rings. The monoisotopic (exact) mass is 434 g/mol. The first kappa shape index (κ1) is 22.4. The van der Waals surface area contributed by atoms with E-state index in [-0.39, 0.29) is 0 Å². The van der Waals surface area contributed by atoms with Crippen LogP contribution in [0.2, 0.25) is 0 Å². The number of ether oxygens (including phenoxy) is 1. The van der Waals surface area contributed by atoms with Crippen LogP contribution in [0.1, 0.15) is 42.4 Å². The molecule has 0 saturated carbocycles. The molecular weight excluding hydrogens is 400 g/mol. The predicted octanol–water partition coefficient (Wildman–Crippen LogP) is 3.57. The van der Waals surface area contributed by atoms with E-state index in [9.17, 15) is 0 Å². The van der Waals surface area contributed by atoms with Crippen molar-refractivity contribution in [2.24, 2.45) is 0 Å². The fraction of sp³-hybridized carbons (Fsp3) is 0.480. The third-order valence-electron chi connectivity index (χ3n) is 6.17. The summed E-state index contributed by atoms with van der Waals surface area (Å²) in [6.45, 7) is 5.34. The Morgan fingerprint density at radius 1 is 1.03 bits per heavy atom. The Morgan fingerprint density at radius 2 is 1.81 bits per heavy atom. The van der Waals surface area contributed by atoms with Crippen LogP contribution >= 0.6 is 0 Å². The number of hydrogen-bond donors (Lipinski definition) is 0. The highest BCUT2D eigenvalue weighted by molar-refractivity contribution is 5.38. The van der Waals surface area contributed by atoms with Crippen molar-refractivity contribution in [1.29, 1.82) is 0 Å². The number of piperidine rings is 1. The topological polar surface area (TPSA) is 59.3 Å². The number of hydrogen-bond acceptors (Lipinski definition) is 6. The van der Waals surface area contributed by atoms with Crippen molar-refractivity contribution >= 4 is 5.82 Å². The summed E-state index contributed by atoms with van der Waals surface area (Å²) in [5.41, 5.74) is 1.28. The van der Waals surface area contributed by atoms with E-state index in [4.69, 9.17) is 9.84 Å². The lowest BCUT2D eigenvalue weighted by atomic mass is 9.95. The van der Waals surface area contributed by atoms with Crippen molar-refractivity contribution in [2.75, 3.05) is 45.3 Å². The Bertz CT molecular complexity index is 938. The van der Waals surface area contributed by atoms with Crippen LogP contribution < -0.4 is 4.90 Å². The molecule has 7 nitrogen and oxygen atoms in total. The highest BCUT2D eigenvalue weighted by atomic mass is 16.5. The maximum Gasteiger partial charge on any atom is 0.147 e. The largest absolute Gasteiger partial charge is 0.385 e. The van der Waals surface area contributed by atoms with Gasteiger partial charge in [0.1, 0.15) is 17.5 Å². The normalized spacial score (nSPS) is 14.9. The molecule has 1 fully saturated rings. The molecular formula is C25H34N6O. The molecule has 0 radical (unpaired) electrons. The van der Waals surface area contributed by atoms with Gasteiger partial charge in [-0.15, -0.1) is 10.2 Å². The van der Waals surface area contributed by atoms with Crippen LogP contribution in [0.15, 0.2) is 54.7 Å². The molecule has 0 N–H and O–H groups in total. The molecule has 4 rings (SSSR count). The third-order valence-corrected chi connectivity index (χ3v) is 6.17. The van der Waals surface area contributed by atoms with Crippen molar-refractivity contribution in [2.45, 2.75) is 38.3 Å². The van der Waals surface area contributed by atoms with Gasteiger partial charge in [0.15, 0.2) is 0 Å². The molecule has 7 heteroatoms. The minimum absolute atomic E-state index is 0.415. The number of rotatable bonds is 10. The number of nitrogens with zero attached hydrogens (tertiary/aromatic N) is 6. The SMILES string of the molecule is COCCCN(C)Cc1nnc(C2CCN(c3ccccn3)CC2)n1Cc1ccccc1. The van der Waals surface area contributed by atoms with Crippen molar-refractivity contribution in [3.63, 3.8) is 0 Å². The lowest BCUT2D eigenvalue weighted by Gasteiger charge is -2.32. The van der Waals surface area contributed by atoms with E-state index in [2.05, 4.69) is 74.0 Å². The fourth-order valence-electron chi connectivity index (χ4n) is 4.41. The van der Waals surface area contributed by atoms with E-state index in [0.717, 1.165) is 76.1 Å². The summed E-state index contributed by atoms with van der Waals surface area (Å²) in [6, 6.07) is 16.7. The molecule has 0 bridgehead atoms. The summed E-state index contributed by atoms with van der Waals surface area (Å²) in [5.74, 6) is 3.64. The van der Waals surface area contributed by atoms with Gasteiger partial charge in [-0.1, -0.05) is 36.4 Å². The van der Waals surface area contributed by atoms with E-state index in [0.29, 0.717) is 5.92 Å². The van der Waals surface area contributed by atoms with Crippen LogP contribution in [0.25, 0.3) is 0 Å². The minimum atomic E-state index is 0.415. The van der Waals surface area contributed by atoms with Gasteiger partial charge < -0.3 is 14.2 Å². The first-order chi connectivity index (χ1) is 15.7. The molecule has 2 aromatic heterocycles. The summed E-state index contributed by atoms with van der Waals surface area (Å²) in [6.07, 6.45) is 5.01. The molecule has 0 unspecified atom stereocenters. The standard InChI is InChI=1S/C25H34N6O/c1-29(15-8-18-32-2)20-24-27-28-25(31(24)19-21-9-4-3-5-10-21)22-12-16-30(17-13-22)23-11-6-7-14-26-23/h3-7,9-11,14,22H,8,12-13,15-20H2,1-2H3. The summed E-state index contributed by atoms with van der Waals surface area (Å²) in [4.78, 5) is 9.20. The second-order valence-electron chi connectivity index (χ2n) is 8.58. The van der Waals surface area contributed by atoms with Crippen LogP contribution in [0, 0.1) is 0 Å². The van der Waals surface area contributed by atoms with E-state index < -0.39 is 0 Å². The summed E-state index contributed by atoms with van der Waals surface area (Å²) < 4.78 is 7.55. The molecule has 170 valence electrons. The number of anilines is 1. The molecule has 0 atom stereocenters. The van der Waals surface area contributed by atoms with E-state index in [1.807, 2.05) is 12.3 Å². The maximum atomic E-state index is 5.20. The van der Waals surface area contributed by atoms with Gasteiger partial charge >= 0.3 is 0 Å². The van der Waals surface area contributed by atoms with Crippen LogP contribution in [0.5, 0.6) is 0 Å². The number of pyridine rings is 1. The lowest BCUT2D eigenvalue weighted by Crippen LogP contribution is -2.34. The van der Waals surface area contributed by atoms with E-state index >= 15 is 0 Å². The molecule has 32 heavy (non-hydrogen) atoms. The highest BCUT2D eigenvalue weighted by Gasteiger charge is 2.27. The Kier molecular flexibility index (Phi) is 7.85. The molecule has 1 aliphatic heterocycles.